The zero-order valence-electron chi connectivity index (χ0n) is 10.0. The first-order chi connectivity index (χ1) is 7.72. The third kappa shape index (κ3) is 1.94. The first kappa shape index (κ1) is 10.7. The Morgan fingerprint density at radius 3 is 2.75 bits per heavy atom. The van der Waals surface area contributed by atoms with E-state index in [0.29, 0.717) is 0 Å². The van der Waals surface area contributed by atoms with Crippen LogP contribution in [0.2, 0.25) is 0 Å². The molecule has 0 saturated heterocycles. The van der Waals surface area contributed by atoms with Gasteiger partial charge in [0.15, 0.2) is 0 Å². The second kappa shape index (κ2) is 4.39. The van der Waals surface area contributed by atoms with E-state index >= 15 is 0 Å². The summed E-state index contributed by atoms with van der Waals surface area (Å²) in [5.74, 6) is 0. The molecule has 1 aromatic carbocycles. The molecule has 16 heavy (non-hydrogen) atoms. The van der Waals surface area contributed by atoms with E-state index in [4.69, 9.17) is 0 Å². The van der Waals surface area contributed by atoms with E-state index in [2.05, 4.69) is 47.1 Å². The van der Waals surface area contributed by atoms with Gasteiger partial charge in [-0.05, 0) is 13.0 Å². The predicted molar refractivity (Wildman–Crippen MR) is 68.9 cm³/mol. The molecular weight excluding hydrogens is 198 g/mol. The minimum absolute atomic E-state index is 0.982. The van der Waals surface area contributed by atoms with Gasteiger partial charge < -0.3 is 9.58 Å². The van der Waals surface area contributed by atoms with Crippen LogP contribution >= 0.6 is 0 Å². The molecule has 0 spiro atoms. The van der Waals surface area contributed by atoms with Gasteiger partial charge in [0.05, 0.1) is 6.21 Å². The lowest BCUT2D eigenvalue weighted by Crippen LogP contribution is -2.01. The van der Waals surface area contributed by atoms with E-state index in [9.17, 15) is 0 Å². The fourth-order valence-corrected chi connectivity index (χ4v) is 1.82. The predicted octanol–water partition coefficient (Wildman–Crippen LogP) is 2.56. The smallest absolute Gasteiger partial charge is 0.0564 e. The molecule has 0 aliphatic rings. The fourth-order valence-electron chi connectivity index (χ4n) is 1.82. The first-order valence-corrected chi connectivity index (χ1v) is 5.51. The highest BCUT2D eigenvalue weighted by Crippen LogP contribution is 2.19. The standard InChI is InChI=1S/C13H17N3/c1-4-16-10-11(9-14-15(2)3)12-7-5-6-8-13(12)16/h5-10H,4H2,1-3H3/b14-9+. The van der Waals surface area contributed by atoms with Crippen molar-refractivity contribution in [1.29, 1.82) is 0 Å². The van der Waals surface area contributed by atoms with Crippen LogP contribution in [-0.2, 0) is 6.54 Å². The Bertz CT molecular complexity index is 509. The van der Waals surface area contributed by atoms with Gasteiger partial charge in [0, 0.05) is 43.3 Å². The summed E-state index contributed by atoms with van der Waals surface area (Å²) in [6.07, 6.45) is 4.06. The van der Waals surface area contributed by atoms with Crippen molar-refractivity contribution in [2.24, 2.45) is 5.10 Å². The Morgan fingerprint density at radius 1 is 1.31 bits per heavy atom. The van der Waals surface area contributed by atoms with Crippen LogP contribution < -0.4 is 0 Å². The fraction of sp³-hybridized carbons (Fsp3) is 0.308. The van der Waals surface area contributed by atoms with Crippen LogP contribution in [0.4, 0.5) is 0 Å². The topological polar surface area (TPSA) is 20.5 Å². The molecule has 0 saturated carbocycles. The van der Waals surface area contributed by atoms with Gasteiger partial charge in [0.25, 0.3) is 0 Å². The molecular formula is C13H17N3. The maximum absolute atomic E-state index is 4.29. The lowest BCUT2D eigenvalue weighted by Gasteiger charge is -2.01. The molecule has 0 amide bonds. The second-order valence-electron chi connectivity index (χ2n) is 3.98. The molecule has 3 nitrogen and oxygen atoms in total. The molecule has 0 aliphatic carbocycles. The molecule has 0 radical (unpaired) electrons. The van der Waals surface area contributed by atoms with Crippen molar-refractivity contribution in [3.05, 3.63) is 36.0 Å². The van der Waals surface area contributed by atoms with Gasteiger partial charge in [-0.25, -0.2) is 0 Å². The minimum atomic E-state index is 0.982. The normalized spacial score (nSPS) is 11.4. The average molecular weight is 215 g/mol. The number of fused-ring (bicyclic) bond motifs is 1. The van der Waals surface area contributed by atoms with Crippen molar-refractivity contribution in [2.45, 2.75) is 13.5 Å². The molecule has 2 aromatic rings. The number of aromatic nitrogens is 1. The van der Waals surface area contributed by atoms with Crippen molar-refractivity contribution in [1.82, 2.24) is 9.58 Å². The highest BCUT2D eigenvalue weighted by atomic mass is 15.4. The summed E-state index contributed by atoms with van der Waals surface area (Å²) >= 11 is 0. The van der Waals surface area contributed by atoms with Gasteiger partial charge in [-0.3, -0.25) is 0 Å². The maximum Gasteiger partial charge on any atom is 0.0564 e. The molecule has 0 fully saturated rings. The summed E-state index contributed by atoms with van der Waals surface area (Å²) < 4.78 is 2.24. The summed E-state index contributed by atoms with van der Waals surface area (Å²) in [4.78, 5) is 0. The van der Waals surface area contributed by atoms with Crippen LogP contribution in [0.1, 0.15) is 12.5 Å². The molecule has 0 N–H and O–H groups in total. The SMILES string of the molecule is CCn1cc(/C=N/N(C)C)c2ccccc21. The third-order valence-corrected chi connectivity index (χ3v) is 2.59. The quantitative estimate of drug-likeness (QED) is 0.569. The van der Waals surface area contributed by atoms with Gasteiger partial charge in [0.2, 0.25) is 0 Å². The van der Waals surface area contributed by atoms with E-state index < -0.39 is 0 Å². The molecule has 0 bridgehead atoms. The molecule has 1 aromatic heterocycles. The van der Waals surface area contributed by atoms with Crippen LogP contribution in [0.5, 0.6) is 0 Å². The first-order valence-electron chi connectivity index (χ1n) is 5.51. The summed E-state index contributed by atoms with van der Waals surface area (Å²) in [5.41, 5.74) is 2.44. The molecule has 2 rings (SSSR count). The maximum atomic E-state index is 4.29. The number of benzene rings is 1. The molecule has 84 valence electrons. The largest absolute Gasteiger partial charge is 0.347 e. The van der Waals surface area contributed by atoms with E-state index in [1.54, 1.807) is 5.01 Å². The number of para-hydroxylation sites is 1. The molecule has 3 heteroatoms. The van der Waals surface area contributed by atoms with Crippen molar-refractivity contribution in [3.8, 4) is 0 Å². The Balaban J connectivity index is 2.53. The highest BCUT2D eigenvalue weighted by molar-refractivity contribution is 5.99. The number of hydrogen-bond donors (Lipinski definition) is 0. The summed E-state index contributed by atoms with van der Waals surface area (Å²) in [5, 5.41) is 7.35. The molecule has 0 atom stereocenters. The lowest BCUT2D eigenvalue weighted by atomic mass is 10.2. The van der Waals surface area contributed by atoms with Crippen LogP contribution in [0.25, 0.3) is 10.9 Å². The monoisotopic (exact) mass is 215 g/mol. The van der Waals surface area contributed by atoms with Crippen molar-refractivity contribution < 1.29 is 0 Å². The van der Waals surface area contributed by atoms with Gasteiger partial charge >= 0.3 is 0 Å². The number of nitrogens with zero attached hydrogens (tertiary/aromatic N) is 3. The number of hydrazone groups is 1. The van der Waals surface area contributed by atoms with E-state index in [0.717, 1.165) is 6.54 Å². The summed E-state index contributed by atoms with van der Waals surface area (Å²) in [6.45, 7) is 3.13. The van der Waals surface area contributed by atoms with Gasteiger partial charge in [-0.1, -0.05) is 18.2 Å². The van der Waals surface area contributed by atoms with Crippen molar-refractivity contribution >= 4 is 17.1 Å². The van der Waals surface area contributed by atoms with Crippen LogP contribution in [0.15, 0.2) is 35.6 Å². The van der Waals surface area contributed by atoms with E-state index in [1.807, 2.05) is 20.3 Å². The molecule has 0 unspecified atom stereocenters. The van der Waals surface area contributed by atoms with Crippen LogP contribution in [-0.4, -0.2) is 29.9 Å². The molecule has 0 aliphatic heterocycles. The van der Waals surface area contributed by atoms with Crippen LogP contribution in [0.3, 0.4) is 0 Å². The van der Waals surface area contributed by atoms with Crippen molar-refractivity contribution in [2.75, 3.05) is 14.1 Å². The van der Waals surface area contributed by atoms with Crippen LogP contribution in [0, 0.1) is 0 Å². The third-order valence-electron chi connectivity index (χ3n) is 2.59. The Kier molecular flexibility index (Phi) is 2.95. The van der Waals surface area contributed by atoms with Gasteiger partial charge in [-0.2, -0.15) is 5.10 Å². The summed E-state index contributed by atoms with van der Waals surface area (Å²) in [6, 6.07) is 8.42. The Hall–Kier alpha value is -1.77. The second-order valence-corrected chi connectivity index (χ2v) is 3.98. The minimum Gasteiger partial charge on any atom is -0.347 e. The number of rotatable bonds is 3. The zero-order chi connectivity index (χ0) is 11.5. The van der Waals surface area contributed by atoms with E-state index in [-0.39, 0.29) is 0 Å². The van der Waals surface area contributed by atoms with Gasteiger partial charge in [0.1, 0.15) is 0 Å². The Labute approximate surface area is 96.0 Å². The zero-order valence-corrected chi connectivity index (χ0v) is 10.0. The average Bonchev–Trinajstić information content (AvgIpc) is 2.65. The lowest BCUT2D eigenvalue weighted by molar-refractivity contribution is 0.440. The van der Waals surface area contributed by atoms with Gasteiger partial charge in [-0.15, -0.1) is 0 Å². The van der Waals surface area contributed by atoms with Crippen molar-refractivity contribution in [3.63, 3.8) is 0 Å². The number of aryl methyl sites for hydroxylation is 1. The van der Waals surface area contributed by atoms with E-state index in [1.165, 1.54) is 16.5 Å². The highest BCUT2D eigenvalue weighted by Gasteiger charge is 2.04. The number of hydrogen-bond acceptors (Lipinski definition) is 2. The molecule has 1 heterocycles. The summed E-state index contributed by atoms with van der Waals surface area (Å²) in [7, 11) is 3.85. The Morgan fingerprint density at radius 2 is 2.06 bits per heavy atom.